The molecule has 0 aromatic heterocycles. The van der Waals surface area contributed by atoms with E-state index in [2.05, 4.69) is 12.2 Å². The normalized spacial score (nSPS) is 34.3. The Hall–Kier alpha value is -0.770. The van der Waals surface area contributed by atoms with Gasteiger partial charge in [0.05, 0.1) is 12.6 Å². The van der Waals surface area contributed by atoms with E-state index in [9.17, 15) is 4.79 Å². The molecule has 3 unspecified atom stereocenters. The average molecular weight is 212 g/mol. The topological polar surface area (TPSA) is 52.6 Å². The molecular formula is C11H20N2O2. The highest BCUT2D eigenvalue weighted by Gasteiger charge is 2.34. The number of nitrogens with zero attached hydrogens (tertiary/aromatic N) is 1. The minimum atomic E-state index is 0.00523. The molecule has 1 saturated heterocycles. The van der Waals surface area contributed by atoms with Crippen LogP contribution in [0.5, 0.6) is 0 Å². The summed E-state index contributed by atoms with van der Waals surface area (Å²) in [4.78, 5) is 13.5. The Morgan fingerprint density at radius 2 is 2.33 bits per heavy atom. The molecule has 86 valence electrons. The lowest BCUT2D eigenvalue weighted by molar-refractivity contribution is 0.157. The number of hydrogen-bond acceptors (Lipinski definition) is 2. The molecule has 4 nitrogen and oxygen atoms in total. The van der Waals surface area contributed by atoms with Gasteiger partial charge in [-0.3, -0.25) is 0 Å². The predicted octanol–water partition coefficient (Wildman–Crippen LogP) is 0.809. The van der Waals surface area contributed by atoms with E-state index in [0.717, 1.165) is 31.8 Å². The van der Waals surface area contributed by atoms with E-state index in [-0.39, 0.29) is 18.7 Å². The van der Waals surface area contributed by atoms with Crippen molar-refractivity contribution in [1.82, 2.24) is 10.2 Å². The van der Waals surface area contributed by atoms with Crippen LogP contribution >= 0.6 is 0 Å². The average Bonchev–Trinajstić information content (AvgIpc) is 2.78. The first-order chi connectivity index (χ1) is 7.22. The van der Waals surface area contributed by atoms with Gasteiger partial charge < -0.3 is 15.3 Å². The molecule has 1 heterocycles. The lowest BCUT2D eigenvalue weighted by atomic mass is 10.2. The number of nitrogens with one attached hydrogen (secondary N) is 1. The number of aliphatic hydroxyl groups is 1. The second-order valence-corrected chi connectivity index (χ2v) is 4.83. The quantitative estimate of drug-likeness (QED) is 0.727. The van der Waals surface area contributed by atoms with Crippen molar-refractivity contribution in [2.75, 3.05) is 19.7 Å². The highest BCUT2D eigenvalue weighted by molar-refractivity contribution is 5.74. The van der Waals surface area contributed by atoms with Gasteiger partial charge in [-0.15, -0.1) is 0 Å². The Kier molecular flexibility index (Phi) is 3.14. The van der Waals surface area contributed by atoms with Crippen LogP contribution in [-0.4, -0.2) is 41.8 Å². The summed E-state index contributed by atoms with van der Waals surface area (Å²) in [5, 5.41) is 12.1. The zero-order chi connectivity index (χ0) is 10.8. The van der Waals surface area contributed by atoms with Crippen molar-refractivity contribution < 1.29 is 9.90 Å². The standard InChI is InChI=1S/C11H20N2O2/c1-8-5-9(8)6-12-11(15)13-4-2-3-10(13)7-14/h8-10,14H,2-7H2,1H3,(H,12,15). The number of aliphatic hydroxyl groups excluding tert-OH is 1. The lowest BCUT2D eigenvalue weighted by Crippen LogP contribution is -2.44. The number of likely N-dealkylation sites (tertiary alicyclic amines) is 1. The molecule has 0 aromatic carbocycles. The molecule has 2 rings (SSSR count). The van der Waals surface area contributed by atoms with Crippen LogP contribution in [0, 0.1) is 11.8 Å². The summed E-state index contributed by atoms with van der Waals surface area (Å²) in [6.07, 6.45) is 3.19. The molecule has 0 aromatic rings. The maximum atomic E-state index is 11.8. The van der Waals surface area contributed by atoms with E-state index in [1.165, 1.54) is 6.42 Å². The van der Waals surface area contributed by atoms with Gasteiger partial charge in [0.15, 0.2) is 0 Å². The van der Waals surface area contributed by atoms with Crippen LogP contribution in [-0.2, 0) is 0 Å². The first-order valence-electron chi connectivity index (χ1n) is 5.87. The smallest absolute Gasteiger partial charge is 0.317 e. The summed E-state index contributed by atoms with van der Waals surface area (Å²) in [5.41, 5.74) is 0. The van der Waals surface area contributed by atoms with Gasteiger partial charge in [0.2, 0.25) is 0 Å². The number of urea groups is 1. The molecule has 2 fully saturated rings. The second kappa shape index (κ2) is 4.39. The number of hydrogen-bond donors (Lipinski definition) is 2. The van der Waals surface area contributed by atoms with E-state index in [1.807, 2.05) is 0 Å². The molecule has 1 aliphatic carbocycles. The van der Waals surface area contributed by atoms with Crippen LogP contribution in [0.3, 0.4) is 0 Å². The lowest BCUT2D eigenvalue weighted by Gasteiger charge is -2.23. The summed E-state index contributed by atoms with van der Waals surface area (Å²) in [6.45, 7) is 3.89. The monoisotopic (exact) mass is 212 g/mol. The van der Waals surface area contributed by atoms with Crippen LogP contribution in [0.2, 0.25) is 0 Å². The first-order valence-corrected chi connectivity index (χ1v) is 5.87. The van der Waals surface area contributed by atoms with Crippen LogP contribution in [0.15, 0.2) is 0 Å². The van der Waals surface area contributed by atoms with Crippen molar-refractivity contribution >= 4 is 6.03 Å². The predicted molar refractivity (Wildman–Crippen MR) is 57.5 cm³/mol. The van der Waals surface area contributed by atoms with Crippen molar-refractivity contribution in [3.05, 3.63) is 0 Å². The number of carbonyl (C=O) groups is 1. The second-order valence-electron chi connectivity index (χ2n) is 4.83. The van der Waals surface area contributed by atoms with E-state index in [4.69, 9.17) is 5.11 Å². The third kappa shape index (κ3) is 2.43. The van der Waals surface area contributed by atoms with E-state index in [1.54, 1.807) is 4.90 Å². The summed E-state index contributed by atoms with van der Waals surface area (Å²) in [7, 11) is 0. The Labute approximate surface area is 90.6 Å². The first kappa shape index (κ1) is 10.7. The summed E-state index contributed by atoms with van der Waals surface area (Å²) < 4.78 is 0. The van der Waals surface area contributed by atoms with Crippen LogP contribution in [0.1, 0.15) is 26.2 Å². The SMILES string of the molecule is CC1CC1CNC(=O)N1CCCC1CO. The fourth-order valence-electron chi connectivity index (χ4n) is 2.30. The van der Waals surface area contributed by atoms with Crippen molar-refractivity contribution in [2.24, 2.45) is 11.8 Å². The van der Waals surface area contributed by atoms with Crippen LogP contribution in [0.25, 0.3) is 0 Å². The van der Waals surface area contributed by atoms with Crippen molar-refractivity contribution in [2.45, 2.75) is 32.2 Å². The van der Waals surface area contributed by atoms with Crippen LogP contribution < -0.4 is 5.32 Å². The third-order valence-electron chi connectivity index (χ3n) is 3.64. The molecule has 2 aliphatic rings. The van der Waals surface area contributed by atoms with Gasteiger partial charge >= 0.3 is 6.03 Å². The highest BCUT2D eigenvalue weighted by atomic mass is 16.3. The number of amides is 2. The Bertz CT molecular complexity index is 245. The summed E-state index contributed by atoms with van der Waals surface area (Å²) in [5.74, 6) is 1.46. The van der Waals surface area contributed by atoms with Crippen molar-refractivity contribution in [1.29, 1.82) is 0 Å². The van der Waals surface area contributed by atoms with E-state index in [0.29, 0.717) is 5.92 Å². The molecule has 1 saturated carbocycles. The Morgan fingerprint density at radius 1 is 1.60 bits per heavy atom. The number of rotatable bonds is 3. The fourth-order valence-corrected chi connectivity index (χ4v) is 2.30. The minimum Gasteiger partial charge on any atom is -0.394 e. The zero-order valence-corrected chi connectivity index (χ0v) is 9.28. The van der Waals surface area contributed by atoms with Gasteiger partial charge in [0.1, 0.15) is 0 Å². The Balaban J connectivity index is 1.74. The van der Waals surface area contributed by atoms with Crippen molar-refractivity contribution in [3.63, 3.8) is 0 Å². The van der Waals surface area contributed by atoms with Gasteiger partial charge in [-0.1, -0.05) is 6.92 Å². The molecule has 0 bridgehead atoms. The van der Waals surface area contributed by atoms with Gasteiger partial charge in [-0.05, 0) is 31.1 Å². The van der Waals surface area contributed by atoms with Crippen LogP contribution in [0.4, 0.5) is 4.79 Å². The highest BCUT2D eigenvalue weighted by Crippen LogP contribution is 2.36. The maximum absolute atomic E-state index is 11.8. The van der Waals surface area contributed by atoms with E-state index < -0.39 is 0 Å². The molecule has 4 heteroatoms. The molecule has 0 radical (unpaired) electrons. The van der Waals surface area contributed by atoms with Gasteiger partial charge in [0, 0.05) is 13.1 Å². The molecule has 2 N–H and O–H groups in total. The summed E-state index contributed by atoms with van der Waals surface area (Å²) in [6, 6.07) is 0.0484. The minimum absolute atomic E-state index is 0.00523. The molecule has 0 spiro atoms. The zero-order valence-electron chi connectivity index (χ0n) is 9.28. The molecule has 3 atom stereocenters. The molecular weight excluding hydrogens is 192 g/mol. The largest absolute Gasteiger partial charge is 0.394 e. The van der Waals surface area contributed by atoms with Gasteiger partial charge in [0.25, 0.3) is 0 Å². The maximum Gasteiger partial charge on any atom is 0.317 e. The molecule has 1 aliphatic heterocycles. The van der Waals surface area contributed by atoms with Crippen molar-refractivity contribution in [3.8, 4) is 0 Å². The fraction of sp³-hybridized carbons (Fsp3) is 0.909. The number of carbonyl (C=O) groups excluding carboxylic acids is 1. The van der Waals surface area contributed by atoms with E-state index >= 15 is 0 Å². The molecule has 2 amide bonds. The summed E-state index contributed by atoms with van der Waals surface area (Å²) >= 11 is 0. The third-order valence-corrected chi connectivity index (χ3v) is 3.64. The molecule has 15 heavy (non-hydrogen) atoms. The Morgan fingerprint density at radius 3 is 2.93 bits per heavy atom. The van der Waals surface area contributed by atoms with Gasteiger partial charge in [-0.25, -0.2) is 4.79 Å². The van der Waals surface area contributed by atoms with Gasteiger partial charge in [-0.2, -0.15) is 0 Å².